The van der Waals surface area contributed by atoms with Gasteiger partial charge in [0.2, 0.25) is 0 Å². The molecule has 0 fully saturated rings. The second-order valence-electron chi connectivity index (χ2n) is 6.74. The maximum atomic E-state index is 12.8. The molecule has 0 radical (unpaired) electrons. The molecule has 0 aliphatic heterocycles. The molecule has 0 saturated heterocycles. The summed E-state index contributed by atoms with van der Waals surface area (Å²) in [5.74, 6) is -0.461. The summed E-state index contributed by atoms with van der Waals surface area (Å²) in [5, 5.41) is 9.72. The minimum Gasteiger partial charge on any atom is -0.455 e. The molecule has 2 rings (SSSR count). The average Bonchev–Trinajstić information content (AvgIpc) is 2.60. The molecule has 3 nitrogen and oxygen atoms in total. The Hall–Kier alpha value is -2.86. The van der Waals surface area contributed by atoms with Crippen LogP contribution >= 0.6 is 0 Å². The fourth-order valence-corrected chi connectivity index (χ4v) is 2.28. The van der Waals surface area contributed by atoms with E-state index < -0.39 is 11.6 Å². The quantitative estimate of drug-likeness (QED) is 0.440. The number of benzene rings is 2. The maximum absolute atomic E-state index is 12.8. The van der Waals surface area contributed by atoms with Gasteiger partial charge in [0.15, 0.2) is 0 Å². The van der Waals surface area contributed by atoms with E-state index in [1.54, 1.807) is 0 Å². The lowest BCUT2D eigenvalue weighted by Gasteiger charge is -2.29. The Labute approximate surface area is 149 Å². The van der Waals surface area contributed by atoms with Crippen LogP contribution < -0.4 is 0 Å². The third-order valence-electron chi connectivity index (χ3n) is 4.44. The van der Waals surface area contributed by atoms with Crippen molar-refractivity contribution in [3.05, 3.63) is 77.4 Å². The van der Waals surface area contributed by atoms with Gasteiger partial charge in [-0.1, -0.05) is 74.5 Å². The Balaban J connectivity index is 2.59. The van der Waals surface area contributed by atoms with Crippen molar-refractivity contribution in [3.63, 3.8) is 0 Å². The van der Waals surface area contributed by atoms with Gasteiger partial charge in [-0.2, -0.15) is 5.26 Å². The highest BCUT2D eigenvalue weighted by molar-refractivity contribution is 6.05. The van der Waals surface area contributed by atoms with E-state index in [0.717, 1.165) is 11.1 Å². The standard InChI is InChI=1S/C22H23NO2/c1-16(2)22(3,4)25-21(24)19(15-23)20(17-11-7-5-8-12-17)18-13-9-6-10-14-18/h5-14,16H,1-4H3. The molecule has 128 valence electrons. The average molecular weight is 333 g/mol. The van der Waals surface area contributed by atoms with Crippen LogP contribution in [0.3, 0.4) is 0 Å². The molecule has 0 aliphatic rings. The summed E-state index contributed by atoms with van der Waals surface area (Å²) < 4.78 is 5.66. The van der Waals surface area contributed by atoms with E-state index in [1.165, 1.54) is 0 Å². The van der Waals surface area contributed by atoms with Gasteiger partial charge in [0, 0.05) is 5.57 Å². The summed E-state index contributed by atoms with van der Waals surface area (Å²) in [5.41, 5.74) is 1.57. The van der Waals surface area contributed by atoms with Crippen LogP contribution in [0.25, 0.3) is 5.57 Å². The van der Waals surface area contributed by atoms with Gasteiger partial charge in [0.05, 0.1) is 0 Å². The van der Waals surface area contributed by atoms with Crippen LogP contribution in [-0.4, -0.2) is 11.6 Å². The summed E-state index contributed by atoms with van der Waals surface area (Å²) >= 11 is 0. The molecule has 0 aliphatic carbocycles. The molecule has 2 aromatic carbocycles. The van der Waals surface area contributed by atoms with E-state index in [0.29, 0.717) is 5.57 Å². The predicted octanol–water partition coefficient (Wildman–Crippen LogP) is 4.99. The third-order valence-corrected chi connectivity index (χ3v) is 4.44. The number of carbonyl (C=O) groups excluding carboxylic acids is 1. The lowest BCUT2D eigenvalue weighted by molar-refractivity contribution is -0.154. The Morgan fingerprint density at radius 3 is 1.76 bits per heavy atom. The number of carbonyl (C=O) groups is 1. The van der Waals surface area contributed by atoms with Crippen molar-refractivity contribution in [2.24, 2.45) is 5.92 Å². The smallest absolute Gasteiger partial charge is 0.350 e. The maximum Gasteiger partial charge on any atom is 0.350 e. The molecule has 0 spiro atoms. The monoisotopic (exact) mass is 333 g/mol. The van der Waals surface area contributed by atoms with E-state index in [-0.39, 0.29) is 11.5 Å². The predicted molar refractivity (Wildman–Crippen MR) is 99.5 cm³/mol. The van der Waals surface area contributed by atoms with Gasteiger partial charge < -0.3 is 4.74 Å². The molecule has 25 heavy (non-hydrogen) atoms. The van der Waals surface area contributed by atoms with E-state index in [1.807, 2.05) is 88.4 Å². The summed E-state index contributed by atoms with van der Waals surface area (Å²) in [6, 6.07) is 21.0. The summed E-state index contributed by atoms with van der Waals surface area (Å²) in [6.45, 7) is 7.68. The second-order valence-corrected chi connectivity index (χ2v) is 6.74. The number of nitriles is 1. The first kappa shape index (κ1) is 18.5. The summed E-state index contributed by atoms with van der Waals surface area (Å²) in [6.07, 6.45) is 0. The van der Waals surface area contributed by atoms with Crippen LogP contribution in [0.1, 0.15) is 38.8 Å². The van der Waals surface area contributed by atoms with E-state index >= 15 is 0 Å². The van der Waals surface area contributed by atoms with Gasteiger partial charge in [-0.05, 0) is 30.9 Å². The minimum absolute atomic E-state index is 0.0196. The number of ether oxygens (including phenoxy) is 1. The molecule has 0 heterocycles. The van der Waals surface area contributed by atoms with E-state index in [2.05, 4.69) is 6.07 Å². The number of rotatable bonds is 5. The number of hydrogen-bond donors (Lipinski definition) is 0. The molecule has 0 amide bonds. The largest absolute Gasteiger partial charge is 0.455 e. The van der Waals surface area contributed by atoms with Crippen molar-refractivity contribution in [1.29, 1.82) is 5.26 Å². The fourth-order valence-electron chi connectivity index (χ4n) is 2.28. The van der Waals surface area contributed by atoms with Crippen LogP contribution in [0.4, 0.5) is 0 Å². The first-order chi connectivity index (χ1) is 11.9. The van der Waals surface area contributed by atoms with Crippen LogP contribution in [0, 0.1) is 17.2 Å². The molecule has 0 saturated carbocycles. The normalized spacial score (nSPS) is 10.9. The summed E-state index contributed by atoms with van der Waals surface area (Å²) in [4.78, 5) is 12.8. The molecule has 3 heteroatoms. The molecule has 0 bridgehead atoms. The molecule has 0 atom stereocenters. The van der Waals surface area contributed by atoms with Crippen molar-refractivity contribution < 1.29 is 9.53 Å². The van der Waals surface area contributed by atoms with Crippen LogP contribution in [0.2, 0.25) is 0 Å². The minimum atomic E-state index is -0.655. The fraction of sp³-hybridized carbons (Fsp3) is 0.273. The van der Waals surface area contributed by atoms with Gasteiger partial charge in [-0.15, -0.1) is 0 Å². The van der Waals surface area contributed by atoms with Crippen LogP contribution in [0.5, 0.6) is 0 Å². The van der Waals surface area contributed by atoms with Crippen molar-refractivity contribution in [2.75, 3.05) is 0 Å². The Kier molecular flexibility index (Phi) is 5.77. The zero-order valence-corrected chi connectivity index (χ0v) is 15.1. The zero-order valence-electron chi connectivity index (χ0n) is 15.1. The molecular weight excluding hydrogens is 310 g/mol. The highest BCUT2D eigenvalue weighted by Gasteiger charge is 2.30. The van der Waals surface area contributed by atoms with Crippen molar-refractivity contribution in [3.8, 4) is 6.07 Å². The topological polar surface area (TPSA) is 50.1 Å². The Morgan fingerprint density at radius 2 is 1.40 bits per heavy atom. The van der Waals surface area contributed by atoms with Crippen LogP contribution in [-0.2, 0) is 9.53 Å². The van der Waals surface area contributed by atoms with E-state index in [9.17, 15) is 10.1 Å². The molecule has 0 N–H and O–H groups in total. The van der Waals surface area contributed by atoms with Crippen molar-refractivity contribution >= 4 is 11.5 Å². The molecular formula is C22H23NO2. The van der Waals surface area contributed by atoms with Crippen molar-refractivity contribution in [2.45, 2.75) is 33.3 Å². The Morgan fingerprint density at radius 1 is 0.960 bits per heavy atom. The van der Waals surface area contributed by atoms with Crippen molar-refractivity contribution in [1.82, 2.24) is 0 Å². The van der Waals surface area contributed by atoms with Gasteiger partial charge in [0.25, 0.3) is 0 Å². The SMILES string of the molecule is CC(C)C(C)(C)OC(=O)C(C#N)=C(c1ccccc1)c1ccccc1. The molecule has 2 aromatic rings. The van der Waals surface area contributed by atoms with Gasteiger partial charge >= 0.3 is 5.97 Å². The van der Waals surface area contributed by atoms with Crippen LogP contribution in [0.15, 0.2) is 66.2 Å². The Bertz CT molecular complexity index is 755. The number of nitrogens with zero attached hydrogens (tertiary/aromatic N) is 1. The highest BCUT2D eigenvalue weighted by atomic mass is 16.6. The first-order valence-corrected chi connectivity index (χ1v) is 8.35. The van der Waals surface area contributed by atoms with Gasteiger partial charge in [-0.3, -0.25) is 0 Å². The zero-order chi connectivity index (χ0) is 18.4. The van der Waals surface area contributed by atoms with E-state index in [4.69, 9.17) is 4.74 Å². The molecule has 0 aromatic heterocycles. The third kappa shape index (κ3) is 4.36. The van der Waals surface area contributed by atoms with Gasteiger partial charge in [-0.25, -0.2) is 4.79 Å². The summed E-state index contributed by atoms with van der Waals surface area (Å²) in [7, 11) is 0. The lowest BCUT2D eigenvalue weighted by atomic mass is 9.92. The molecule has 0 unspecified atom stereocenters. The number of hydrogen-bond acceptors (Lipinski definition) is 3. The number of esters is 1. The second kappa shape index (κ2) is 7.81. The van der Waals surface area contributed by atoms with Gasteiger partial charge in [0.1, 0.15) is 17.2 Å². The first-order valence-electron chi connectivity index (χ1n) is 8.35. The lowest BCUT2D eigenvalue weighted by Crippen LogP contribution is -2.34. The highest BCUT2D eigenvalue weighted by Crippen LogP contribution is 2.29.